The van der Waals surface area contributed by atoms with Gasteiger partial charge in [-0.1, -0.05) is 59.2 Å². The Morgan fingerprint density at radius 3 is 2.28 bits per heavy atom. The van der Waals surface area contributed by atoms with Crippen molar-refractivity contribution in [2.45, 2.75) is 104 Å². The van der Waals surface area contributed by atoms with Gasteiger partial charge in [-0.25, -0.2) is 13.2 Å². The zero-order valence-corrected chi connectivity index (χ0v) is 29.9. The van der Waals surface area contributed by atoms with Crippen molar-refractivity contribution in [3.63, 3.8) is 0 Å². The van der Waals surface area contributed by atoms with Crippen LogP contribution >= 0.6 is 0 Å². The zero-order chi connectivity index (χ0) is 32.8. The van der Waals surface area contributed by atoms with Crippen LogP contribution in [0.1, 0.15) is 115 Å². The summed E-state index contributed by atoms with van der Waals surface area (Å²) >= 11 is 0. The van der Waals surface area contributed by atoms with Crippen molar-refractivity contribution in [1.82, 2.24) is 10.2 Å². The fourth-order valence-corrected chi connectivity index (χ4v) is 14.5. The summed E-state index contributed by atoms with van der Waals surface area (Å²) in [5, 5.41) is 13.6. The van der Waals surface area contributed by atoms with E-state index in [1.807, 2.05) is 12.1 Å². The van der Waals surface area contributed by atoms with Crippen LogP contribution in [0.3, 0.4) is 0 Å². The monoisotopic (exact) mass is 650 g/mol. The third kappa shape index (κ3) is 4.90. The summed E-state index contributed by atoms with van der Waals surface area (Å²) in [6.07, 6.45) is 15.5. The first-order valence-corrected chi connectivity index (χ1v) is 20.2. The summed E-state index contributed by atoms with van der Waals surface area (Å²) in [4.78, 5) is 13.9. The number of carboxylic acid groups (broad SMARTS) is 1. The van der Waals surface area contributed by atoms with Crippen LogP contribution in [0, 0.1) is 45.3 Å². The molecular formula is C39H58N2O4S. The molecule has 6 nitrogen and oxygen atoms in total. The maximum Gasteiger partial charge on any atom is 0.335 e. The lowest BCUT2D eigenvalue weighted by molar-refractivity contribution is -0.217. The first-order valence-electron chi connectivity index (χ1n) is 18.4. The van der Waals surface area contributed by atoms with Gasteiger partial charge in [0.15, 0.2) is 9.84 Å². The predicted octanol–water partition coefficient (Wildman–Crippen LogP) is 7.31. The summed E-state index contributed by atoms with van der Waals surface area (Å²) in [5.41, 5.74) is 4.19. The number of benzene rings is 1. The Morgan fingerprint density at radius 2 is 1.59 bits per heavy atom. The van der Waals surface area contributed by atoms with E-state index >= 15 is 0 Å². The molecule has 0 radical (unpaired) electrons. The van der Waals surface area contributed by atoms with E-state index in [-0.39, 0.29) is 16.4 Å². The second kappa shape index (κ2) is 11.2. The van der Waals surface area contributed by atoms with Gasteiger partial charge in [0.25, 0.3) is 0 Å². The predicted molar refractivity (Wildman–Crippen MR) is 185 cm³/mol. The van der Waals surface area contributed by atoms with E-state index in [0.29, 0.717) is 52.8 Å². The maximum atomic E-state index is 11.9. The highest BCUT2D eigenvalue weighted by molar-refractivity contribution is 7.91. The molecular weight excluding hydrogens is 593 g/mol. The van der Waals surface area contributed by atoms with Gasteiger partial charge in [0.2, 0.25) is 0 Å². The van der Waals surface area contributed by atoms with E-state index in [1.165, 1.54) is 68.9 Å². The van der Waals surface area contributed by atoms with E-state index in [0.717, 1.165) is 31.3 Å². The zero-order valence-electron chi connectivity index (χ0n) is 29.0. The van der Waals surface area contributed by atoms with Gasteiger partial charge in [-0.15, -0.1) is 0 Å². The molecule has 8 atom stereocenters. The molecule has 1 heterocycles. The minimum Gasteiger partial charge on any atom is -0.478 e. The molecule has 6 aliphatic rings. The quantitative estimate of drug-likeness (QED) is 0.336. The average molecular weight is 651 g/mol. The third-order valence-electron chi connectivity index (χ3n) is 15.7. The summed E-state index contributed by atoms with van der Waals surface area (Å²) in [5.74, 6) is 2.61. The Bertz CT molecular complexity index is 1490. The van der Waals surface area contributed by atoms with Gasteiger partial charge in [0.05, 0.1) is 17.1 Å². The van der Waals surface area contributed by atoms with Crippen molar-refractivity contribution >= 4 is 21.4 Å². The molecule has 7 rings (SSSR count). The number of hydrogen-bond donors (Lipinski definition) is 2. The number of nitrogens with zero attached hydrogens (tertiary/aromatic N) is 1. The lowest BCUT2D eigenvalue weighted by Gasteiger charge is -2.72. The Morgan fingerprint density at radius 1 is 0.870 bits per heavy atom. The lowest BCUT2D eigenvalue weighted by Crippen LogP contribution is -2.67. The molecule has 0 spiro atoms. The molecule has 5 fully saturated rings. The minimum absolute atomic E-state index is 0.0342. The summed E-state index contributed by atoms with van der Waals surface area (Å²) in [7, 11) is -2.83. The smallest absolute Gasteiger partial charge is 0.335 e. The van der Waals surface area contributed by atoms with Gasteiger partial charge in [0.1, 0.15) is 0 Å². The highest BCUT2D eigenvalue weighted by Crippen LogP contribution is 2.76. The van der Waals surface area contributed by atoms with Gasteiger partial charge >= 0.3 is 5.97 Å². The number of hydrogen-bond acceptors (Lipinski definition) is 5. The Kier molecular flexibility index (Phi) is 7.97. The van der Waals surface area contributed by atoms with Crippen molar-refractivity contribution < 1.29 is 18.3 Å². The number of rotatable bonds is 6. The highest BCUT2D eigenvalue weighted by Gasteiger charge is 2.69. The summed E-state index contributed by atoms with van der Waals surface area (Å²) in [6, 6.07) is 7.59. The van der Waals surface area contributed by atoms with E-state index in [1.54, 1.807) is 12.1 Å². The van der Waals surface area contributed by atoms with Crippen LogP contribution in [0.25, 0.3) is 5.57 Å². The Hall–Kier alpha value is -1.70. The van der Waals surface area contributed by atoms with E-state index in [9.17, 15) is 18.3 Å². The molecule has 1 aromatic rings. The first kappa shape index (κ1) is 32.8. The Balaban J connectivity index is 1.10. The van der Waals surface area contributed by atoms with E-state index in [2.05, 4.69) is 50.9 Å². The van der Waals surface area contributed by atoms with Crippen LogP contribution in [0.2, 0.25) is 0 Å². The molecule has 0 aromatic heterocycles. The number of sulfone groups is 1. The molecule has 1 aliphatic heterocycles. The van der Waals surface area contributed by atoms with Crippen molar-refractivity contribution in [1.29, 1.82) is 0 Å². The number of allylic oxidation sites excluding steroid dienone is 2. The highest BCUT2D eigenvalue weighted by atomic mass is 32.2. The standard InChI is InChI=1S/C39H58N2O4S/c1-35(2)29(27-8-10-28(11-9-27)34(42)43)14-17-36(3)32(35)15-18-38(5)33(36)13-12-30-31-7-6-16-39(31,20-19-37(30,38)4)40-21-22-41-23-25-46(44,45)26-24-41/h8-11,14,30-33,40H,6-7,12-13,15-26H2,1-5H3,(H,42,43)/t30-,31-,32+,33-,36+,37-,38-,39+/m1/s1. The van der Waals surface area contributed by atoms with Crippen LogP contribution in [0.5, 0.6) is 0 Å². The third-order valence-corrected chi connectivity index (χ3v) is 17.3. The second-order valence-corrected chi connectivity index (χ2v) is 20.0. The molecule has 1 saturated heterocycles. The van der Waals surface area contributed by atoms with Crippen LogP contribution < -0.4 is 5.32 Å². The number of nitrogens with one attached hydrogen (secondary N) is 1. The fraction of sp³-hybridized carbons (Fsp3) is 0.769. The Labute approximate surface area is 278 Å². The second-order valence-electron chi connectivity index (χ2n) is 17.7. The summed E-state index contributed by atoms with van der Waals surface area (Å²) in [6.45, 7) is 16.3. The van der Waals surface area contributed by atoms with Crippen LogP contribution in [-0.2, 0) is 9.84 Å². The van der Waals surface area contributed by atoms with Crippen LogP contribution in [0.15, 0.2) is 30.3 Å². The fourth-order valence-electron chi connectivity index (χ4n) is 13.2. The number of carbonyl (C=O) groups is 1. The molecule has 0 bridgehead atoms. The molecule has 0 amide bonds. The summed E-state index contributed by atoms with van der Waals surface area (Å²) < 4.78 is 23.9. The molecule has 254 valence electrons. The van der Waals surface area contributed by atoms with Crippen molar-refractivity contribution in [3.8, 4) is 0 Å². The van der Waals surface area contributed by atoms with Crippen molar-refractivity contribution in [2.75, 3.05) is 37.7 Å². The molecule has 2 N–H and O–H groups in total. The van der Waals surface area contributed by atoms with E-state index < -0.39 is 15.8 Å². The van der Waals surface area contributed by atoms with Crippen molar-refractivity contribution in [2.24, 2.45) is 45.3 Å². The SMILES string of the molecule is CC1(C)C(c2ccc(C(=O)O)cc2)=CC[C@]2(C)[C@H]3CC[C@@H]4[C@H]5CCC[C@]5(NCCN5CCS(=O)(=O)CC5)CC[C@@]4(C)[C@]3(C)CC[C@@H]12. The number of fused-ring (bicyclic) bond motifs is 7. The number of aromatic carboxylic acids is 1. The van der Waals surface area contributed by atoms with Gasteiger partial charge in [-0.3, -0.25) is 0 Å². The largest absolute Gasteiger partial charge is 0.478 e. The molecule has 46 heavy (non-hydrogen) atoms. The topological polar surface area (TPSA) is 86.7 Å². The number of carboxylic acids is 1. The minimum atomic E-state index is -2.83. The van der Waals surface area contributed by atoms with Crippen molar-refractivity contribution in [3.05, 3.63) is 41.5 Å². The van der Waals surface area contributed by atoms with Gasteiger partial charge < -0.3 is 15.3 Å². The van der Waals surface area contributed by atoms with Crippen LogP contribution in [-0.4, -0.2) is 67.6 Å². The van der Waals surface area contributed by atoms with E-state index in [4.69, 9.17) is 0 Å². The molecule has 7 heteroatoms. The first-order chi connectivity index (χ1) is 21.7. The van der Waals surface area contributed by atoms with Gasteiger partial charge in [0, 0.05) is 31.7 Å². The van der Waals surface area contributed by atoms with Gasteiger partial charge in [-0.2, -0.15) is 0 Å². The molecule has 1 aromatic carbocycles. The van der Waals surface area contributed by atoms with Crippen LogP contribution in [0.4, 0.5) is 0 Å². The normalized spacial score (nSPS) is 43.0. The molecule has 4 saturated carbocycles. The molecule has 0 unspecified atom stereocenters. The van der Waals surface area contributed by atoms with Gasteiger partial charge in [-0.05, 0) is 126 Å². The maximum absolute atomic E-state index is 11.9. The average Bonchev–Trinajstić information content (AvgIpc) is 3.42. The lowest BCUT2D eigenvalue weighted by atomic mass is 9.33. The molecule has 5 aliphatic carbocycles.